The lowest BCUT2D eigenvalue weighted by atomic mass is 10.2. The van der Waals surface area contributed by atoms with Crippen molar-refractivity contribution >= 4 is 0 Å². The normalized spacial score (nSPS) is 16.0. The van der Waals surface area contributed by atoms with Crippen LogP contribution in [0.15, 0.2) is 18.2 Å². The molecule has 0 saturated heterocycles. The van der Waals surface area contributed by atoms with E-state index in [1.807, 2.05) is 0 Å². The summed E-state index contributed by atoms with van der Waals surface area (Å²) in [6.45, 7) is 0. The van der Waals surface area contributed by atoms with Crippen LogP contribution < -0.4 is 9.47 Å². The Morgan fingerprint density at radius 3 is 2.38 bits per heavy atom. The lowest BCUT2D eigenvalue weighted by Gasteiger charge is -2.13. The predicted octanol–water partition coefficient (Wildman–Crippen LogP) is 3.26. The summed E-state index contributed by atoms with van der Waals surface area (Å²) < 4.78 is 47.7. The van der Waals surface area contributed by atoms with Gasteiger partial charge in [-0.3, -0.25) is 0 Å². The lowest BCUT2D eigenvalue weighted by Crippen LogP contribution is -2.06. The minimum atomic E-state index is -4.35. The molecule has 0 heterocycles. The van der Waals surface area contributed by atoms with Gasteiger partial charge in [-0.2, -0.15) is 13.2 Å². The second-order valence-electron chi connectivity index (χ2n) is 3.68. The predicted molar refractivity (Wildman–Crippen MR) is 51.6 cm³/mol. The molecule has 0 N–H and O–H groups in total. The summed E-state index contributed by atoms with van der Waals surface area (Å²) >= 11 is 0. The highest BCUT2D eigenvalue weighted by Gasteiger charge is 2.32. The molecular formula is C11H11F3O2. The molecule has 1 aliphatic rings. The molecule has 1 aliphatic carbocycles. The average Bonchev–Trinajstić information content (AvgIpc) is 3.00. The van der Waals surface area contributed by atoms with Crippen molar-refractivity contribution in [2.75, 3.05) is 7.11 Å². The van der Waals surface area contributed by atoms with Gasteiger partial charge in [0.25, 0.3) is 0 Å². The van der Waals surface area contributed by atoms with Crippen LogP contribution in [-0.4, -0.2) is 13.2 Å². The van der Waals surface area contributed by atoms with Crippen LogP contribution in [0.2, 0.25) is 0 Å². The number of methoxy groups -OCH3 is 1. The van der Waals surface area contributed by atoms with Crippen LogP contribution >= 0.6 is 0 Å². The molecule has 2 nitrogen and oxygen atoms in total. The quantitative estimate of drug-likeness (QED) is 0.796. The Hall–Kier alpha value is -1.39. The Labute approximate surface area is 91.0 Å². The summed E-state index contributed by atoms with van der Waals surface area (Å²) in [5.41, 5.74) is -0.719. The minimum Gasteiger partial charge on any atom is -0.493 e. The summed E-state index contributed by atoms with van der Waals surface area (Å²) in [5.74, 6) is 0.500. The topological polar surface area (TPSA) is 18.5 Å². The van der Waals surface area contributed by atoms with E-state index < -0.39 is 11.7 Å². The molecule has 0 aromatic heterocycles. The molecule has 16 heavy (non-hydrogen) atoms. The molecule has 1 aromatic carbocycles. The van der Waals surface area contributed by atoms with E-state index in [4.69, 9.17) is 9.47 Å². The van der Waals surface area contributed by atoms with Gasteiger partial charge in [-0.25, -0.2) is 0 Å². The Morgan fingerprint density at radius 1 is 1.19 bits per heavy atom. The molecule has 0 spiro atoms. The highest BCUT2D eigenvalue weighted by molar-refractivity contribution is 5.44. The van der Waals surface area contributed by atoms with Crippen molar-refractivity contribution in [2.24, 2.45) is 0 Å². The first-order valence-electron chi connectivity index (χ1n) is 4.92. The Bertz CT molecular complexity index is 383. The summed E-state index contributed by atoms with van der Waals surface area (Å²) in [6.07, 6.45) is -2.54. The van der Waals surface area contributed by atoms with Crippen LogP contribution in [0.1, 0.15) is 18.4 Å². The standard InChI is InChI=1S/C11H11F3O2/c1-15-9-5-2-7(11(12,13)14)6-10(9)16-8-3-4-8/h2,5-6,8H,3-4H2,1H3. The second kappa shape index (κ2) is 3.88. The van der Waals surface area contributed by atoms with Gasteiger partial charge in [0.2, 0.25) is 0 Å². The Kier molecular flexibility index (Phi) is 2.69. The molecule has 88 valence electrons. The zero-order valence-electron chi connectivity index (χ0n) is 8.67. The Balaban J connectivity index is 2.29. The molecule has 0 amide bonds. The van der Waals surface area contributed by atoms with E-state index >= 15 is 0 Å². The van der Waals surface area contributed by atoms with Gasteiger partial charge >= 0.3 is 6.18 Å². The van der Waals surface area contributed by atoms with Crippen molar-refractivity contribution in [1.29, 1.82) is 0 Å². The number of hydrogen-bond donors (Lipinski definition) is 0. The largest absolute Gasteiger partial charge is 0.493 e. The summed E-state index contributed by atoms with van der Waals surface area (Å²) in [7, 11) is 1.41. The Morgan fingerprint density at radius 2 is 1.88 bits per heavy atom. The highest BCUT2D eigenvalue weighted by atomic mass is 19.4. The van der Waals surface area contributed by atoms with Gasteiger partial charge < -0.3 is 9.47 Å². The third-order valence-corrected chi connectivity index (χ3v) is 2.31. The zero-order chi connectivity index (χ0) is 11.8. The fourth-order valence-electron chi connectivity index (χ4n) is 1.31. The molecule has 5 heteroatoms. The first-order chi connectivity index (χ1) is 7.50. The number of hydrogen-bond acceptors (Lipinski definition) is 2. The van der Waals surface area contributed by atoms with Gasteiger partial charge in [0.05, 0.1) is 18.8 Å². The van der Waals surface area contributed by atoms with Gasteiger partial charge in [0.1, 0.15) is 0 Å². The molecule has 1 saturated carbocycles. The molecule has 1 fully saturated rings. The van der Waals surface area contributed by atoms with E-state index in [0.717, 1.165) is 25.0 Å². The van der Waals surface area contributed by atoms with Gasteiger partial charge in [-0.05, 0) is 31.0 Å². The van der Waals surface area contributed by atoms with Crippen molar-refractivity contribution in [1.82, 2.24) is 0 Å². The average molecular weight is 232 g/mol. The van der Waals surface area contributed by atoms with Crippen LogP contribution in [0, 0.1) is 0 Å². The maximum Gasteiger partial charge on any atom is 0.416 e. The van der Waals surface area contributed by atoms with E-state index in [2.05, 4.69) is 0 Å². The molecule has 2 rings (SSSR count). The molecule has 0 atom stereocenters. The lowest BCUT2D eigenvalue weighted by molar-refractivity contribution is -0.137. The third-order valence-electron chi connectivity index (χ3n) is 2.31. The number of benzene rings is 1. The molecule has 0 bridgehead atoms. The van der Waals surface area contributed by atoms with Crippen molar-refractivity contribution in [3.05, 3.63) is 23.8 Å². The zero-order valence-corrected chi connectivity index (χ0v) is 8.67. The van der Waals surface area contributed by atoms with Crippen molar-refractivity contribution < 1.29 is 22.6 Å². The van der Waals surface area contributed by atoms with E-state index in [0.29, 0.717) is 5.75 Å². The molecule has 0 radical (unpaired) electrons. The van der Waals surface area contributed by atoms with Crippen molar-refractivity contribution in [3.8, 4) is 11.5 Å². The van der Waals surface area contributed by atoms with Crippen LogP contribution in [0.25, 0.3) is 0 Å². The summed E-state index contributed by atoms with van der Waals surface area (Å²) in [5, 5.41) is 0. The molecule has 0 unspecified atom stereocenters. The molecular weight excluding hydrogens is 221 g/mol. The SMILES string of the molecule is COc1ccc(C(F)(F)F)cc1OC1CC1. The van der Waals surface area contributed by atoms with Gasteiger partial charge in [0, 0.05) is 0 Å². The first-order valence-corrected chi connectivity index (χ1v) is 4.92. The van der Waals surface area contributed by atoms with Gasteiger partial charge in [0.15, 0.2) is 11.5 Å². The smallest absolute Gasteiger partial charge is 0.416 e. The van der Waals surface area contributed by atoms with Crippen LogP contribution in [0.3, 0.4) is 0 Å². The third kappa shape index (κ3) is 2.40. The second-order valence-corrected chi connectivity index (χ2v) is 3.68. The van der Waals surface area contributed by atoms with Crippen LogP contribution in [-0.2, 0) is 6.18 Å². The first kappa shape index (κ1) is 11.1. The molecule has 0 aliphatic heterocycles. The van der Waals surface area contributed by atoms with Crippen LogP contribution in [0.5, 0.6) is 11.5 Å². The summed E-state index contributed by atoms with van der Waals surface area (Å²) in [6, 6.07) is 3.25. The van der Waals surface area contributed by atoms with Gasteiger partial charge in [-0.1, -0.05) is 0 Å². The highest BCUT2D eigenvalue weighted by Crippen LogP contribution is 2.38. The fourth-order valence-corrected chi connectivity index (χ4v) is 1.31. The maximum absolute atomic E-state index is 12.5. The van der Waals surface area contributed by atoms with E-state index in [-0.39, 0.29) is 11.9 Å². The fraction of sp³-hybridized carbons (Fsp3) is 0.455. The molecule has 1 aromatic rings. The van der Waals surface area contributed by atoms with Crippen molar-refractivity contribution in [2.45, 2.75) is 25.1 Å². The number of ether oxygens (including phenoxy) is 2. The minimum absolute atomic E-state index is 0.0392. The number of halogens is 3. The number of alkyl halides is 3. The van der Waals surface area contributed by atoms with Gasteiger partial charge in [-0.15, -0.1) is 0 Å². The van der Waals surface area contributed by atoms with Crippen LogP contribution in [0.4, 0.5) is 13.2 Å². The maximum atomic E-state index is 12.5. The monoisotopic (exact) mass is 232 g/mol. The summed E-state index contributed by atoms with van der Waals surface area (Å²) in [4.78, 5) is 0. The van der Waals surface area contributed by atoms with E-state index in [9.17, 15) is 13.2 Å². The van der Waals surface area contributed by atoms with E-state index in [1.165, 1.54) is 13.2 Å². The van der Waals surface area contributed by atoms with E-state index in [1.54, 1.807) is 0 Å². The number of rotatable bonds is 3. The van der Waals surface area contributed by atoms with Crippen molar-refractivity contribution in [3.63, 3.8) is 0 Å².